The van der Waals surface area contributed by atoms with Crippen molar-refractivity contribution in [3.63, 3.8) is 0 Å². The first kappa shape index (κ1) is 9.58. The molecule has 0 aromatic rings. The summed E-state index contributed by atoms with van der Waals surface area (Å²) in [5.41, 5.74) is 0. The molecule has 0 aromatic carbocycles. The van der Waals surface area contributed by atoms with Gasteiger partial charge < -0.3 is 4.65 Å². The lowest BCUT2D eigenvalue weighted by atomic mass is 9.62. The number of hydrogen-bond donors (Lipinski definition) is 0. The van der Waals surface area contributed by atoms with E-state index in [0.29, 0.717) is 6.92 Å². The smallest absolute Gasteiger partial charge is 0.294 e. The van der Waals surface area contributed by atoms with Crippen LogP contribution in [0.4, 0.5) is 0 Å². The Morgan fingerprint density at radius 1 is 1.50 bits per heavy atom. The Bertz CT molecular complexity index is 113. The van der Waals surface area contributed by atoms with Crippen LogP contribution >= 0.6 is 0 Å². The van der Waals surface area contributed by atoms with Gasteiger partial charge in [-0.2, -0.15) is 0 Å². The molecule has 0 rings (SSSR count). The summed E-state index contributed by atoms with van der Waals surface area (Å²) < 4.78 is 5.46. The van der Waals surface area contributed by atoms with Crippen LogP contribution in [0.5, 0.6) is 0 Å². The van der Waals surface area contributed by atoms with Gasteiger partial charge in [-0.3, -0.25) is 0 Å². The second-order valence-electron chi connectivity index (χ2n) is 2.38. The molecule has 0 aliphatic carbocycles. The van der Waals surface area contributed by atoms with Crippen LogP contribution in [0.3, 0.4) is 0 Å². The molecular weight excluding hydrogens is 123 g/mol. The first-order chi connectivity index (χ1) is 4.74. The van der Waals surface area contributed by atoms with E-state index in [2.05, 4.69) is 19.8 Å². The fourth-order valence-electron chi connectivity index (χ4n) is 0.809. The van der Waals surface area contributed by atoms with Gasteiger partial charge >= 0.3 is 0 Å². The Morgan fingerprint density at radius 3 is 2.30 bits per heavy atom. The van der Waals surface area contributed by atoms with Gasteiger partial charge in [-0.25, -0.2) is 0 Å². The van der Waals surface area contributed by atoms with Crippen LogP contribution in [0.1, 0.15) is 20.8 Å². The zero-order valence-corrected chi connectivity index (χ0v) is 7.05. The van der Waals surface area contributed by atoms with Gasteiger partial charge in [-0.15, -0.1) is 6.42 Å². The average Bonchev–Trinajstić information content (AvgIpc) is 1.99. The molecule has 0 saturated heterocycles. The third kappa shape index (κ3) is 3.58. The largest absolute Gasteiger partial charge is 0.423 e. The number of terminal acetylenes is 1. The van der Waals surface area contributed by atoms with Crippen LogP contribution in [0, 0.1) is 12.3 Å². The van der Waals surface area contributed by atoms with E-state index in [9.17, 15) is 0 Å². The predicted octanol–water partition coefficient (Wildman–Crippen LogP) is 2.06. The minimum absolute atomic E-state index is 0.0371. The van der Waals surface area contributed by atoms with Crippen LogP contribution in [0.25, 0.3) is 0 Å². The van der Waals surface area contributed by atoms with E-state index in [1.165, 1.54) is 0 Å². The molecule has 0 fully saturated rings. The highest BCUT2D eigenvalue weighted by molar-refractivity contribution is 6.51. The first-order valence-corrected chi connectivity index (χ1v) is 3.86. The lowest BCUT2D eigenvalue weighted by molar-refractivity contribution is 0.280. The highest BCUT2D eigenvalue weighted by Gasteiger charge is 2.11. The summed E-state index contributed by atoms with van der Waals surface area (Å²) in [5, 5.41) is 0. The molecule has 0 aromatic heterocycles. The van der Waals surface area contributed by atoms with E-state index < -0.39 is 0 Å². The van der Waals surface area contributed by atoms with Crippen molar-refractivity contribution in [1.29, 1.82) is 0 Å². The normalized spacial score (nSPS) is 12.2. The van der Waals surface area contributed by atoms with Crippen molar-refractivity contribution in [3.05, 3.63) is 0 Å². The molecule has 0 bridgehead atoms. The van der Waals surface area contributed by atoms with Gasteiger partial charge in [0.15, 0.2) is 0 Å². The lowest BCUT2D eigenvalue weighted by Gasteiger charge is -2.12. The fourth-order valence-corrected chi connectivity index (χ4v) is 0.809. The Labute approximate surface area is 64.3 Å². The zero-order chi connectivity index (χ0) is 7.98. The summed E-state index contributed by atoms with van der Waals surface area (Å²) in [7, 11) is 0. The van der Waals surface area contributed by atoms with E-state index in [1.54, 1.807) is 0 Å². The topological polar surface area (TPSA) is 9.23 Å². The van der Waals surface area contributed by atoms with Gasteiger partial charge in [-0.05, 0) is 6.92 Å². The van der Waals surface area contributed by atoms with E-state index >= 15 is 0 Å². The quantitative estimate of drug-likeness (QED) is 0.426. The van der Waals surface area contributed by atoms with Gasteiger partial charge in [-0.1, -0.05) is 32.4 Å². The van der Waals surface area contributed by atoms with Crippen molar-refractivity contribution >= 4 is 6.92 Å². The summed E-state index contributed by atoms with van der Waals surface area (Å²) in [6.45, 7) is 6.46. The standard InChI is InChI=1S/C8H15BO/c1-5-8(4)10-9(6-2)7-3/h1,8H,6-7H2,2-4H3. The van der Waals surface area contributed by atoms with Gasteiger partial charge in [0.1, 0.15) is 0 Å². The molecule has 0 aliphatic heterocycles. The third-order valence-electron chi connectivity index (χ3n) is 1.54. The Kier molecular flexibility index (Phi) is 5.15. The highest BCUT2D eigenvalue weighted by atomic mass is 16.4. The summed E-state index contributed by atoms with van der Waals surface area (Å²) >= 11 is 0. The summed E-state index contributed by atoms with van der Waals surface area (Å²) in [6.07, 6.45) is 7.21. The molecule has 56 valence electrons. The second kappa shape index (κ2) is 5.38. The molecular formula is C8H15BO. The zero-order valence-electron chi connectivity index (χ0n) is 7.05. The molecule has 0 spiro atoms. The maximum atomic E-state index is 5.46. The molecule has 0 radical (unpaired) electrons. The van der Waals surface area contributed by atoms with Gasteiger partial charge in [0.2, 0.25) is 0 Å². The van der Waals surface area contributed by atoms with E-state index in [4.69, 9.17) is 11.1 Å². The van der Waals surface area contributed by atoms with Gasteiger partial charge in [0.05, 0.1) is 6.10 Å². The molecule has 10 heavy (non-hydrogen) atoms. The highest BCUT2D eigenvalue weighted by Crippen LogP contribution is 2.02. The predicted molar refractivity (Wildman–Crippen MR) is 46.1 cm³/mol. The fraction of sp³-hybridized carbons (Fsp3) is 0.750. The van der Waals surface area contributed by atoms with E-state index in [1.807, 2.05) is 6.92 Å². The van der Waals surface area contributed by atoms with Crippen LogP contribution in [0.15, 0.2) is 0 Å². The molecule has 1 nitrogen and oxygen atoms in total. The average molecular weight is 138 g/mol. The molecule has 0 aliphatic rings. The van der Waals surface area contributed by atoms with Crippen molar-refractivity contribution in [3.8, 4) is 12.3 Å². The summed E-state index contributed by atoms with van der Waals surface area (Å²) in [6, 6.07) is 0. The summed E-state index contributed by atoms with van der Waals surface area (Å²) in [4.78, 5) is 0. The van der Waals surface area contributed by atoms with Crippen LogP contribution < -0.4 is 0 Å². The second-order valence-corrected chi connectivity index (χ2v) is 2.38. The van der Waals surface area contributed by atoms with Crippen LogP contribution in [0.2, 0.25) is 12.6 Å². The Morgan fingerprint density at radius 2 is 2.00 bits per heavy atom. The molecule has 1 unspecified atom stereocenters. The number of hydrogen-bond acceptors (Lipinski definition) is 1. The molecule has 0 N–H and O–H groups in total. The van der Waals surface area contributed by atoms with Crippen molar-refractivity contribution in [2.75, 3.05) is 0 Å². The molecule has 0 saturated carbocycles. The Balaban J connectivity index is 3.54. The van der Waals surface area contributed by atoms with Gasteiger partial charge in [0, 0.05) is 0 Å². The first-order valence-electron chi connectivity index (χ1n) is 3.86. The minimum atomic E-state index is -0.0371. The monoisotopic (exact) mass is 138 g/mol. The SMILES string of the molecule is C#CC(C)OB(CC)CC. The molecule has 0 amide bonds. The molecule has 1 atom stereocenters. The van der Waals surface area contributed by atoms with Crippen LogP contribution in [-0.2, 0) is 4.65 Å². The van der Waals surface area contributed by atoms with Crippen molar-refractivity contribution in [1.82, 2.24) is 0 Å². The van der Waals surface area contributed by atoms with Crippen molar-refractivity contribution in [2.45, 2.75) is 39.5 Å². The van der Waals surface area contributed by atoms with Crippen LogP contribution in [-0.4, -0.2) is 13.0 Å². The number of rotatable bonds is 4. The maximum Gasteiger partial charge on any atom is 0.294 e. The van der Waals surface area contributed by atoms with Gasteiger partial charge in [0.25, 0.3) is 6.92 Å². The third-order valence-corrected chi connectivity index (χ3v) is 1.54. The van der Waals surface area contributed by atoms with E-state index in [-0.39, 0.29) is 6.10 Å². The maximum absolute atomic E-state index is 5.46. The minimum Gasteiger partial charge on any atom is -0.423 e. The summed E-state index contributed by atoms with van der Waals surface area (Å²) in [5.74, 6) is 2.54. The Hall–Kier alpha value is -0.415. The lowest BCUT2D eigenvalue weighted by Crippen LogP contribution is -2.20. The van der Waals surface area contributed by atoms with Crippen molar-refractivity contribution in [2.24, 2.45) is 0 Å². The molecule has 0 heterocycles. The van der Waals surface area contributed by atoms with Crippen molar-refractivity contribution < 1.29 is 4.65 Å². The molecule has 2 heteroatoms. The van der Waals surface area contributed by atoms with E-state index in [0.717, 1.165) is 12.6 Å².